The third-order valence-electron chi connectivity index (χ3n) is 2.69. The number of ether oxygens (including phenoxy) is 3. The molecule has 0 aromatic heterocycles. The van der Waals surface area contributed by atoms with E-state index in [9.17, 15) is 4.79 Å². The SMILES string of the molecule is CCOc1ccccc1OCC(=O)Oc1cccc(C#N)c1. The number of carbonyl (C=O) groups excluding carboxylic acids is 1. The Bertz CT molecular complexity index is 691. The van der Waals surface area contributed by atoms with E-state index in [2.05, 4.69) is 0 Å². The molecule has 0 amide bonds. The third-order valence-corrected chi connectivity index (χ3v) is 2.69. The van der Waals surface area contributed by atoms with Crippen LogP contribution in [0.1, 0.15) is 12.5 Å². The van der Waals surface area contributed by atoms with Crippen LogP contribution in [0.25, 0.3) is 0 Å². The first-order chi connectivity index (χ1) is 10.7. The van der Waals surface area contributed by atoms with Gasteiger partial charge in [-0.05, 0) is 37.3 Å². The molecule has 0 spiro atoms. The van der Waals surface area contributed by atoms with E-state index in [4.69, 9.17) is 19.5 Å². The Morgan fingerprint density at radius 2 is 1.82 bits per heavy atom. The van der Waals surface area contributed by atoms with Gasteiger partial charge in [-0.15, -0.1) is 0 Å². The van der Waals surface area contributed by atoms with Crippen molar-refractivity contribution in [3.8, 4) is 23.3 Å². The van der Waals surface area contributed by atoms with E-state index in [1.807, 2.05) is 19.1 Å². The summed E-state index contributed by atoms with van der Waals surface area (Å²) in [5, 5.41) is 8.80. The maximum absolute atomic E-state index is 11.8. The van der Waals surface area contributed by atoms with Gasteiger partial charge in [0.1, 0.15) is 5.75 Å². The average Bonchev–Trinajstić information content (AvgIpc) is 2.54. The number of hydrogen-bond donors (Lipinski definition) is 0. The van der Waals surface area contributed by atoms with E-state index in [0.29, 0.717) is 29.4 Å². The monoisotopic (exact) mass is 297 g/mol. The Hall–Kier alpha value is -3.00. The minimum atomic E-state index is -0.554. The number of nitriles is 1. The van der Waals surface area contributed by atoms with Gasteiger partial charge in [-0.1, -0.05) is 18.2 Å². The van der Waals surface area contributed by atoms with Crippen molar-refractivity contribution in [2.24, 2.45) is 0 Å². The fourth-order valence-corrected chi connectivity index (χ4v) is 1.77. The Morgan fingerprint density at radius 1 is 1.09 bits per heavy atom. The summed E-state index contributed by atoms with van der Waals surface area (Å²) < 4.78 is 15.9. The normalized spacial score (nSPS) is 9.64. The molecule has 0 saturated carbocycles. The van der Waals surface area contributed by atoms with Gasteiger partial charge in [-0.3, -0.25) is 0 Å². The second-order valence-corrected chi connectivity index (χ2v) is 4.28. The number of para-hydroxylation sites is 2. The quantitative estimate of drug-likeness (QED) is 0.605. The molecule has 2 aromatic rings. The molecule has 0 bridgehead atoms. The van der Waals surface area contributed by atoms with E-state index in [1.54, 1.807) is 36.4 Å². The molecule has 0 aliphatic heterocycles. The van der Waals surface area contributed by atoms with Gasteiger partial charge >= 0.3 is 5.97 Å². The second-order valence-electron chi connectivity index (χ2n) is 4.28. The lowest BCUT2D eigenvalue weighted by molar-refractivity contribution is -0.136. The number of rotatable bonds is 6. The van der Waals surface area contributed by atoms with E-state index in [-0.39, 0.29) is 6.61 Å². The lowest BCUT2D eigenvalue weighted by atomic mass is 10.2. The first-order valence-corrected chi connectivity index (χ1v) is 6.78. The summed E-state index contributed by atoms with van der Waals surface area (Å²) >= 11 is 0. The zero-order valence-corrected chi connectivity index (χ0v) is 12.1. The molecule has 0 unspecified atom stereocenters. The van der Waals surface area contributed by atoms with Gasteiger partial charge in [0.15, 0.2) is 18.1 Å². The molecule has 5 heteroatoms. The van der Waals surface area contributed by atoms with Crippen molar-refractivity contribution < 1.29 is 19.0 Å². The molecule has 0 N–H and O–H groups in total. The minimum absolute atomic E-state index is 0.249. The number of nitrogens with zero attached hydrogens (tertiary/aromatic N) is 1. The molecule has 2 rings (SSSR count). The Morgan fingerprint density at radius 3 is 2.50 bits per heavy atom. The molecule has 5 nitrogen and oxygen atoms in total. The number of hydrogen-bond acceptors (Lipinski definition) is 5. The van der Waals surface area contributed by atoms with Crippen LogP contribution in [-0.4, -0.2) is 19.2 Å². The first kappa shape index (κ1) is 15.4. The molecule has 22 heavy (non-hydrogen) atoms. The largest absolute Gasteiger partial charge is 0.490 e. The molecule has 0 saturated heterocycles. The van der Waals surface area contributed by atoms with Gasteiger partial charge in [0.2, 0.25) is 0 Å². The van der Waals surface area contributed by atoms with Crippen molar-refractivity contribution in [1.29, 1.82) is 5.26 Å². The van der Waals surface area contributed by atoms with Crippen LogP contribution in [0, 0.1) is 11.3 Å². The summed E-state index contributed by atoms with van der Waals surface area (Å²) in [6.07, 6.45) is 0. The fourth-order valence-electron chi connectivity index (χ4n) is 1.77. The molecule has 2 aromatic carbocycles. The van der Waals surface area contributed by atoms with Crippen LogP contribution in [0.4, 0.5) is 0 Å². The van der Waals surface area contributed by atoms with Crippen molar-refractivity contribution in [3.05, 3.63) is 54.1 Å². The van der Waals surface area contributed by atoms with Crippen LogP contribution in [0.15, 0.2) is 48.5 Å². The molecule has 0 fully saturated rings. The molecule has 112 valence electrons. The van der Waals surface area contributed by atoms with Crippen molar-refractivity contribution in [3.63, 3.8) is 0 Å². The van der Waals surface area contributed by atoms with Crippen LogP contribution in [0.3, 0.4) is 0 Å². The molecular weight excluding hydrogens is 282 g/mol. The summed E-state index contributed by atoms with van der Waals surface area (Å²) in [5.41, 5.74) is 0.424. The second kappa shape index (κ2) is 7.70. The molecule has 0 atom stereocenters. The highest BCUT2D eigenvalue weighted by Crippen LogP contribution is 2.26. The molecule has 0 aliphatic carbocycles. The van der Waals surface area contributed by atoms with Gasteiger partial charge in [0.05, 0.1) is 18.2 Å². The lowest BCUT2D eigenvalue weighted by Gasteiger charge is -2.11. The Balaban J connectivity index is 1.94. The standard InChI is InChI=1S/C17H15NO4/c1-2-20-15-8-3-4-9-16(15)21-12-17(19)22-14-7-5-6-13(10-14)11-18/h3-10H,2,12H2,1H3. The molecule has 0 aliphatic rings. The molecular formula is C17H15NO4. The zero-order valence-electron chi connectivity index (χ0n) is 12.1. The van der Waals surface area contributed by atoms with Gasteiger partial charge in [0.25, 0.3) is 0 Å². The summed E-state index contributed by atoms with van der Waals surface area (Å²) in [5.74, 6) is 0.809. The highest BCUT2D eigenvalue weighted by Gasteiger charge is 2.09. The predicted molar refractivity (Wildman–Crippen MR) is 79.9 cm³/mol. The Labute approximate surface area is 128 Å². The van der Waals surface area contributed by atoms with Gasteiger partial charge in [-0.25, -0.2) is 4.79 Å². The lowest BCUT2D eigenvalue weighted by Crippen LogP contribution is -2.18. The van der Waals surface area contributed by atoms with E-state index < -0.39 is 5.97 Å². The topological polar surface area (TPSA) is 68.6 Å². The highest BCUT2D eigenvalue weighted by molar-refractivity contribution is 5.74. The summed E-state index contributed by atoms with van der Waals surface area (Å²) in [6.45, 7) is 2.12. The third kappa shape index (κ3) is 4.25. The van der Waals surface area contributed by atoms with Crippen LogP contribution < -0.4 is 14.2 Å². The summed E-state index contributed by atoms with van der Waals surface area (Å²) in [6, 6.07) is 15.4. The van der Waals surface area contributed by atoms with Crippen molar-refractivity contribution >= 4 is 5.97 Å². The minimum Gasteiger partial charge on any atom is -0.490 e. The molecule has 0 heterocycles. The Kier molecular flexibility index (Phi) is 5.38. The maximum atomic E-state index is 11.8. The van der Waals surface area contributed by atoms with E-state index >= 15 is 0 Å². The van der Waals surface area contributed by atoms with Crippen molar-refractivity contribution in [1.82, 2.24) is 0 Å². The van der Waals surface area contributed by atoms with Crippen molar-refractivity contribution in [2.75, 3.05) is 13.2 Å². The smallest absolute Gasteiger partial charge is 0.349 e. The number of esters is 1. The predicted octanol–water partition coefficient (Wildman–Crippen LogP) is 2.94. The zero-order chi connectivity index (χ0) is 15.8. The van der Waals surface area contributed by atoms with Crippen LogP contribution in [-0.2, 0) is 4.79 Å². The maximum Gasteiger partial charge on any atom is 0.349 e. The summed E-state index contributed by atoms with van der Waals surface area (Å²) in [7, 11) is 0. The van der Waals surface area contributed by atoms with Crippen LogP contribution in [0.2, 0.25) is 0 Å². The van der Waals surface area contributed by atoms with E-state index in [1.165, 1.54) is 6.07 Å². The fraction of sp³-hybridized carbons (Fsp3) is 0.176. The number of benzene rings is 2. The van der Waals surface area contributed by atoms with Gasteiger partial charge < -0.3 is 14.2 Å². The van der Waals surface area contributed by atoms with Gasteiger partial charge in [0, 0.05) is 0 Å². The van der Waals surface area contributed by atoms with Crippen LogP contribution >= 0.6 is 0 Å². The first-order valence-electron chi connectivity index (χ1n) is 6.78. The van der Waals surface area contributed by atoms with E-state index in [0.717, 1.165) is 0 Å². The number of carbonyl (C=O) groups is 1. The van der Waals surface area contributed by atoms with Gasteiger partial charge in [-0.2, -0.15) is 5.26 Å². The molecule has 0 radical (unpaired) electrons. The summed E-state index contributed by atoms with van der Waals surface area (Å²) in [4.78, 5) is 11.8. The average molecular weight is 297 g/mol. The van der Waals surface area contributed by atoms with Crippen molar-refractivity contribution in [2.45, 2.75) is 6.92 Å². The van der Waals surface area contributed by atoms with Crippen LogP contribution in [0.5, 0.6) is 17.2 Å². The highest BCUT2D eigenvalue weighted by atomic mass is 16.6.